The van der Waals surface area contributed by atoms with Crippen molar-refractivity contribution in [3.63, 3.8) is 0 Å². The average molecular weight is 415 g/mol. The average Bonchev–Trinajstić information content (AvgIpc) is 3.37. The molecular formula is C24H21N3O4. The van der Waals surface area contributed by atoms with Crippen molar-refractivity contribution in [2.24, 2.45) is 14.1 Å². The molecule has 31 heavy (non-hydrogen) atoms. The molecule has 2 aromatic carbocycles. The Bertz CT molecular complexity index is 1330. The molecule has 7 heteroatoms. The number of aryl methyl sites for hydroxylation is 2. The summed E-state index contributed by atoms with van der Waals surface area (Å²) in [4.78, 5) is 26.0. The van der Waals surface area contributed by atoms with Gasteiger partial charge in [0.15, 0.2) is 0 Å². The third-order valence-corrected chi connectivity index (χ3v) is 5.86. The first kappa shape index (κ1) is 19.0. The number of benzene rings is 2. The van der Waals surface area contributed by atoms with Crippen LogP contribution in [0.5, 0.6) is 11.5 Å². The highest BCUT2D eigenvalue weighted by molar-refractivity contribution is 6.50. The van der Waals surface area contributed by atoms with E-state index in [1.165, 1.54) is 0 Å². The highest BCUT2D eigenvalue weighted by Gasteiger charge is 2.35. The summed E-state index contributed by atoms with van der Waals surface area (Å²) in [5.74, 6) is 0.550. The maximum Gasteiger partial charge on any atom is 0.259 e. The molecule has 1 aliphatic heterocycles. The van der Waals surface area contributed by atoms with Crippen molar-refractivity contribution in [3.8, 4) is 11.5 Å². The van der Waals surface area contributed by atoms with Crippen LogP contribution >= 0.6 is 0 Å². The van der Waals surface area contributed by atoms with Crippen molar-refractivity contribution < 1.29 is 19.1 Å². The number of fused-ring (bicyclic) bond motifs is 2. The van der Waals surface area contributed by atoms with E-state index in [-0.39, 0.29) is 0 Å². The van der Waals surface area contributed by atoms with E-state index in [0.29, 0.717) is 33.8 Å². The Morgan fingerprint density at radius 1 is 0.710 bits per heavy atom. The molecule has 0 bridgehead atoms. The number of nitrogens with zero attached hydrogens (tertiary/aromatic N) is 2. The summed E-state index contributed by atoms with van der Waals surface area (Å²) in [6.45, 7) is 0. The van der Waals surface area contributed by atoms with E-state index in [1.54, 1.807) is 14.2 Å². The van der Waals surface area contributed by atoms with E-state index in [4.69, 9.17) is 9.47 Å². The highest BCUT2D eigenvalue weighted by Crippen LogP contribution is 2.40. The van der Waals surface area contributed by atoms with E-state index < -0.39 is 11.8 Å². The SMILES string of the molecule is COc1ccc2c(c1)c(C1=C(c3cn(C)c4ccc(OC)cc34)C(=O)NC1=O)cn2C. The lowest BCUT2D eigenvalue weighted by Gasteiger charge is -2.05. The maximum atomic E-state index is 13.0. The second-order valence-electron chi connectivity index (χ2n) is 7.61. The summed E-state index contributed by atoms with van der Waals surface area (Å²) in [5.41, 5.74) is 3.98. The van der Waals surface area contributed by atoms with Crippen molar-refractivity contribution >= 4 is 44.8 Å². The third-order valence-electron chi connectivity index (χ3n) is 5.86. The van der Waals surface area contributed by atoms with E-state index in [1.807, 2.05) is 72.0 Å². The number of carbonyl (C=O) groups excluding carboxylic acids is 2. The molecule has 0 fully saturated rings. The van der Waals surface area contributed by atoms with Gasteiger partial charge < -0.3 is 18.6 Å². The van der Waals surface area contributed by atoms with Gasteiger partial charge in [-0.1, -0.05) is 0 Å². The number of amides is 2. The summed E-state index contributed by atoms with van der Waals surface area (Å²) in [6, 6.07) is 11.4. The molecule has 0 aliphatic carbocycles. The number of imide groups is 1. The molecule has 2 aromatic heterocycles. The van der Waals surface area contributed by atoms with Gasteiger partial charge in [-0.15, -0.1) is 0 Å². The Morgan fingerprint density at radius 2 is 1.13 bits per heavy atom. The lowest BCUT2D eigenvalue weighted by Crippen LogP contribution is -2.22. The molecule has 0 radical (unpaired) electrons. The van der Waals surface area contributed by atoms with Crippen LogP contribution in [0.15, 0.2) is 48.8 Å². The monoisotopic (exact) mass is 415 g/mol. The number of carbonyl (C=O) groups is 2. The first-order valence-corrected chi connectivity index (χ1v) is 9.79. The van der Waals surface area contributed by atoms with Crippen molar-refractivity contribution in [3.05, 3.63) is 59.9 Å². The smallest absolute Gasteiger partial charge is 0.259 e. The molecule has 0 saturated carbocycles. The molecule has 4 aromatic rings. The number of hydrogen-bond donors (Lipinski definition) is 1. The molecule has 5 rings (SSSR count). The zero-order valence-electron chi connectivity index (χ0n) is 17.6. The Labute approximate surface area is 178 Å². The molecule has 2 amide bonds. The molecule has 3 heterocycles. The van der Waals surface area contributed by atoms with Crippen LogP contribution in [0.4, 0.5) is 0 Å². The molecule has 0 atom stereocenters. The van der Waals surface area contributed by atoms with Crippen molar-refractivity contribution in [1.29, 1.82) is 0 Å². The van der Waals surface area contributed by atoms with Gasteiger partial charge in [0.25, 0.3) is 11.8 Å². The van der Waals surface area contributed by atoms with E-state index in [0.717, 1.165) is 21.8 Å². The second-order valence-corrected chi connectivity index (χ2v) is 7.61. The van der Waals surface area contributed by atoms with Crippen LogP contribution < -0.4 is 14.8 Å². The lowest BCUT2D eigenvalue weighted by molar-refractivity contribution is -0.122. The van der Waals surface area contributed by atoms with Gasteiger partial charge in [-0.3, -0.25) is 14.9 Å². The van der Waals surface area contributed by atoms with E-state index in [9.17, 15) is 9.59 Å². The van der Waals surface area contributed by atoms with Crippen molar-refractivity contribution in [1.82, 2.24) is 14.5 Å². The summed E-state index contributed by atoms with van der Waals surface area (Å²) in [6.07, 6.45) is 3.76. The zero-order chi connectivity index (χ0) is 21.9. The van der Waals surface area contributed by atoms with E-state index >= 15 is 0 Å². The summed E-state index contributed by atoms with van der Waals surface area (Å²) in [5, 5.41) is 4.18. The minimum Gasteiger partial charge on any atom is -0.497 e. The van der Waals surface area contributed by atoms with Crippen molar-refractivity contribution in [2.45, 2.75) is 0 Å². The van der Waals surface area contributed by atoms with Gasteiger partial charge in [0.2, 0.25) is 0 Å². The highest BCUT2D eigenvalue weighted by atomic mass is 16.5. The van der Waals surface area contributed by atoms with Crippen LogP contribution in [0, 0.1) is 0 Å². The minimum absolute atomic E-state index is 0.360. The molecular weight excluding hydrogens is 394 g/mol. The van der Waals surface area contributed by atoms with Crippen LogP contribution in [-0.2, 0) is 23.7 Å². The molecule has 156 valence electrons. The largest absolute Gasteiger partial charge is 0.497 e. The fourth-order valence-corrected chi connectivity index (χ4v) is 4.36. The second kappa shape index (κ2) is 6.77. The Morgan fingerprint density at radius 3 is 1.52 bits per heavy atom. The molecule has 1 N–H and O–H groups in total. The van der Waals surface area contributed by atoms with Gasteiger partial charge >= 0.3 is 0 Å². The predicted molar refractivity (Wildman–Crippen MR) is 119 cm³/mol. The lowest BCUT2D eigenvalue weighted by atomic mass is 9.95. The fraction of sp³-hybridized carbons (Fsp3) is 0.167. The summed E-state index contributed by atoms with van der Waals surface area (Å²) < 4.78 is 14.7. The molecule has 1 aliphatic rings. The predicted octanol–water partition coefficient (Wildman–Crippen LogP) is 3.25. The zero-order valence-corrected chi connectivity index (χ0v) is 17.6. The van der Waals surface area contributed by atoms with E-state index in [2.05, 4.69) is 5.32 Å². The standard InChI is InChI=1S/C24H21N3O4/c1-26-11-17(15-9-13(30-3)5-7-19(15)26)21-22(24(29)25-23(21)28)18-12-27(2)20-8-6-14(31-4)10-16(18)20/h5-12H,1-4H3,(H,25,28,29). The van der Waals surface area contributed by atoms with Crippen molar-refractivity contribution in [2.75, 3.05) is 14.2 Å². The van der Waals surface area contributed by atoms with Gasteiger partial charge in [-0.25, -0.2) is 0 Å². The van der Waals surface area contributed by atoms with Crippen LogP contribution in [0.25, 0.3) is 33.0 Å². The first-order valence-electron chi connectivity index (χ1n) is 9.79. The number of rotatable bonds is 4. The number of methoxy groups -OCH3 is 2. The maximum absolute atomic E-state index is 13.0. The third kappa shape index (κ3) is 2.73. The topological polar surface area (TPSA) is 74.5 Å². The van der Waals surface area contributed by atoms with Gasteiger partial charge in [-0.05, 0) is 36.4 Å². The van der Waals surface area contributed by atoms with Gasteiger partial charge in [0.1, 0.15) is 11.5 Å². The number of ether oxygens (including phenoxy) is 2. The Hall–Kier alpha value is -4.00. The first-order chi connectivity index (χ1) is 14.9. The van der Waals surface area contributed by atoms with Crippen LogP contribution in [0.2, 0.25) is 0 Å². The quantitative estimate of drug-likeness (QED) is 0.519. The van der Waals surface area contributed by atoms with Crippen LogP contribution in [0.1, 0.15) is 11.1 Å². The number of aromatic nitrogens is 2. The molecule has 0 unspecified atom stereocenters. The molecule has 7 nitrogen and oxygen atoms in total. The minimum atomic E-state index is -0.407. The van der Waals surface area contributed by atoms with Gasteiger partial charge in [-0.2, -0.15) is 0 Å². The summed E-state index contributed by atoms with van der Waals surface area (Å²) in [7, 11) is 7.03. The van der Waals surface area contributed by atoms with Gasteiger partial charge in [0, 0.05) is 59.4 Å². The number of nitrogens with one attached hydrogen (secondary N) is 1. The Balaban J connectivity index is 1.85. The van der Waals surface area contributed by atoms with Gasteiger partial charge in [0.05, 0.1) is 25.4 Å². The normalized spacial score (nSPS) is 14.1. The number of hydrogen-bond acceptors (Lipinski definition) is 4. The Kier molecular flexibility index (Phi) is 4.15. The molecule has 0 spiro atoms. The van der Waals surface area contributed by atoms with Crippen LogP contribution in [0.3, 0.4) is 0 Å². The van der Waals surface area contributed by atoms with Crippen LogP contribution in [-0.4, -0.2) is 35.2 Å². The fourth-order valence-electron chi connectivity index (χ4n) is 4.36. The summed E-state index contributed by atoms with van der Waals surface area (Å²) >= 11 is 0. The molecule has 0 saturated heterocycles.